The third-order valence-corrected chi connectivity index (χ3v) is 5.68. The molecule has 0 aliphatic carbocycles. The van der Waals surface area contributed by atoms with Gasteiger partial charge in [-0.25, -0.2) is 0 Å². The molecule has 6 heteroatoms. The molecule has 1 aliphatic heterocycles. The van der Waals surface area contributed by atoms with Crippen LogP contribution in [0.4, 0.5) is 0 Å². The first-order valence-corrected chi connectivity index (χ1v) is 9.84. The standard InChI is InChI=1S/C19H26N4OS/c1-14-9-15(2)12-23(11-14)18(24)13-25-19-21-20-17(22(19)3)10-16-7-5-4-6-8-16/h4-8,14-15H,9-13H2,1-3H3/t14-,15-/m0/s1. The summed E-state index contributed by atoms with van der Waals surface area (Å²) in [5, 5.41) is 9.36. The molecule has 1 aliphatic rings. The van der Waals surface area contributed by atoms with Crippen LogP contribution in [0.15, 0.2) is 35.5 Å². The molecule has 25 heavy (non-hydrogen) atoms. The minimum absolute atomic E-state index is 0.205. The number of piperidine rings is 1. The number of benzene rings is 1. The highest BCUT2D eigenvalue weighted by molar-refractivity contribution is 7.99. The molecule has 134 valence electrons. The third-order valence-electron chi connectivity index (χ3n) is 4.68. The van der Waals surface area contributed by atoms with E-state index in [0.29, 0.717) is 17.6 Å². The number of carbonyl (C=O) groups is 1. The minimum Gasteiger partial charge on any atom is -0.341 e. The Labute approximate surface area is 153 Å². The lowest BCUT2D eigenvalue weighted by atomic mass is 9.92. The van der Waals surface area contributed by atoms with Crippen molar-refractivity contribution in [2.75, 3.05) is 18.8 Å². The average Bonchev–Trinajstić information content (AvgIpc) is 2.93. The Morgan fingerprint density at radius 1 is 1.16 bits per heavy atom. The van der Waals surface area contributed by atoms with Crippen molar-refractivity contribution >= 4 is 17.7 Å². The SMILES string of the molecule is C[C@H]1C[C@H](C)CN(C(=O)CSc2nnc(Cc3ccccc3)n2C)C1. The molecule has 1 aromatic carbocycles. The number of hydrogen-bond acceptors (Lipinski definition) is 4. The van der Waals surface area contributed by atoms with Crippen molar-refractivity contribution in [2.24, 2.45) is 18.9 Å². The van der Waals surface area contributed by atoms with Gasteiger partial charge in [-0.1, -0.05) is 55.9 Å². The molecule has 2 atom stereocenters. The van der Waals surface area contributed by atoms with E-state index in [-0.39, 0.29) is 5.91 Å². The Kier molecular flexibility index (Phi) is 5.78. The van der Waals surface area contributed by atoms with Gasteiger partial charge in [0.1, 0.15) is 5.82 Å². The zero-order valence-corrected chi connectivity index (χ0v) is 16.0. The van der Waals surface area contributed by atoms with E-state index in [0.717, 1.165) is 30.5 Å². The molecular weight excluding hydrogens is 332 g/mol. The highest BCUT2D eigenvalue weighted by atomic mass is 32.2. The molecule has 0 radical (unpaired) electrons. The smallest absolute Gasteiger partial charge is 0.233 e. The summed E-state index contributed by atoms with van der Waals surface area (Å²) in [6.07, 6.45) is 1.96. The number of rotatable bonds is 5. The number of carbonyl (C=O) groups excluding carboxylic acids is 1. The largest absolute Gasteiger partial charge is 0.341 e. The second kappa shape index (κ2) is 8.04. The van der Waals surface area contributed by atoms with Gasteiger partial charge in [0.15, 0.2) is 5.16 Å². The van der Waals surface area contributed by atoms with Gasteiger partial charge in [0, 0.05) is 26.6 Å². The summed E-state index contributed by atoms with van der Waals surface area (Å²) in [7, 11) is 1.97. The van der Waals surface area contributed by atoms with E-state index >= 15 is 0 Å². The molecule has 3 rings (SSSR count). The molecular formula is C19H26N4OS. The Morgan fingerprint density at radius 2 is 1.84 bits per heavy atom. The van der Waals surface area contributed by atoms with Crippen LogP contribution >= 0.6 is 11.8 Å². The Hall–Kier alpha value is -1.82. The van der Waals surface area contributed by atoms with Crippen LogP contribution < -0.4 is 0 Å². The molecule has 0 N–H and O–H groups in total. The first-order chi connectivity index (χ1) is 12.0. The highest BCUT2D eigenvalue weighted by Crippen LogP contribution is 2.23. The summed E-state index contributed by atoms with van der Waals surface area (Å²) in [6.45, 7) is 6.20. The topological polar surface area (TPSA) is 51.0 Å². The van der Waals surface area contributed by atoms with Crippen molar-refractivity contribution in [3.8, 4) is 0 Å². The maximum absolute atomic E-state index is 12.5. The molecule has 1 fully saturated rings. The monoisotopic (exact) mass is 358 g/mol. The summed E-state index contributed by atoms with van der Waals surface area (Å²) >= 11 is 1.48. The Balaban J connectivity index is 1.57. The maximum Gasteiger partial charge on any atom is 0.233 e. The van der Waals surface area contributed by atoms with Crippen LogP contribution in [0.3, 0.4) is 0 Å². The van der Waals surface area contributed by atoms with Gasteiger partial charge in [-0.05, 0) is 23.8 Å². The van der Waals surface area contributed by atoms with E-state index in [1.807, 2.05) is 34.7 Å². The van der Waals surface area contributed by atoms with Gasteiger partial charge in [-0.3, -0.25) is 4.79 Å². The van der Waals surface area contributed by atoms with Crippen LogP contribution in [0.25, 0.3) is 0 Å². The van der Waals surface area contributed by atoms with Gasteiger partial charge in [-0.15, -0.1) is 10.2 Å². The van der Waals surface area contributed by atoms with E-state index in [2.05, 4.69) is 36.2 Å². The molecule has 0 unspecified atom stereocenters. The summed E-state index contributed by atoms with van der Waals surface area (Å²) in [6, 6.07) is 10.2. The maximum atomic E-state index is 12.5. The summed E-state index contributed by atoms with van der Waals surface area (Å²) in [4.78, 5) is 14.5. The lowest BCUT2D eigenvalue weighted by Crippen LogP contribution is -2.43. The zero-order chi connectivity index (χ0) is 17.8. The molecule has 2 aromatic rings. The van der Waals surface area contributed by atoms with Gasteiger partial charge in [-0.2, -0.15) is 0 Å². The van der Waals surface area contributed by atoms with Crippen molar-refractivity contribution in [3.05, 3.63) is 41.7 Å². The lowest BCUT2D eigenvalue weighted by Gasteiger charge is -2.34. The van der Waals surface area contributed by atoms with Crippen molar-refractivity contribution in [2.45, 2.75) is 31.8 Å². The lowest BCUT2D eigenvalue weighted by molar-refractivity contribution is -0.130. The van der Waals surface area contributed by atoms with E-state index < -0.39 is 0 Å². The van der Waals surface area contributed by atoms with E-state index in [1.54, 1.807) is 0 Å². The van der Waals surface area contributed by atoms with E-state index in [4.69, 9.17) is 0 Å². The van der Waals surface area contributed by atoms with E-state index in [9.17, 15) is 4.79 Å². The predicted octanol–water partition coefficient (Wildman–Crippen LogP) is 3.00. The van der Waals surface area contributed by atoms with Crippen molar-refractivity contribution in [3.63, 3.8) is 0 Å². The van der Waals surface area contributed by atoms with Crippen LogP contribution in [0.5, 0.6) is 0 Å². The summed E-state index contributed by atoms with van der Waals surface area (Å²) in [5.74, 6) is 2.73. The zero-order valence-electron chi connectivity index (χ0n) is 15.2. The molecule has 1 saturated heterocycles. The van der Waals surface area contributed by atoms with Gasteiger partial charge in [0.2, 0.25) is 5.91 Å². The highest BCUT2D eigenvalue weighted by Gasteiger charge is 2.25. The van der Waals surface area contributed by atoms with Gasteiger partial charge < -0.3 is 9.47 Å². The number of hydrogen-bond donors (Lipinski definition) is 0. The first-order valence-electron chi connectivity index (χ1n) is 8.85. The fraction of sp³-hybridized carbons (Fsp3) is 0.526. The summed E-state index contributed by atoms with van der Waals surface area (Å²) in [5.41, 5.74) is 1.21. The molecule has 1 aromatic heterocycles. The molecule has 5 nitrogen and oxygen atoms in total. The fourth-order valence-electron chi connectivity index (χ4n) is 3.49. The molecule has 2 heterocycles. The molecule has 0 saturated carbocycles. The van der Waals surface area contributed by atoms with Crippen LogP contribution in [0, 0.1) is 11.8 Å². The molecule has 1 amide bonds. The van der Waals surface area contributed by atoms with Gasteiger partial charge in [0.25, 0.3) is 0 Å². The van der Waals surface area contributed by atoms with Gasteiger partial charge in [0.05, 0.1) is 5.75 Å². The van der Waals surface area contributed by atoms with Crippen molar-refractivity contribution in [1.29, 1.82) is 0 Å². The second-order valence-electron chi connectivity index (χ2n) is 7.15. The van der Waals surface area contributed by atoms with Gasteiger partial charge >= 0.3 is 0 Å². The number of thioether (sulfide) groups is 1. The van der Waals surface area contributed by atoms with Crippen LogP contribution in [0.1, 0.15) is 31.7 Å². The quantitative estimate of drug-likeness (QED) is 0.771. The molecule has 0 spiro atoms. The first kappa shape index (κ1) is 18.0. The van der Waals surface area contributed by atoms with E-state index in [1.165, 1.54) is 23.7 Å². The molecule has 0 bridgehead atoms. The minimum atomic E-state index is 0.205. The van der Waals surface area contributed by atoms with Crippen molar-refractivity contribution < 1.29 is 4.79 Å². The number of nitrogens with zero attached hydrogens (tertiary/aromatic N) is 4. The fourth-order valence-corrected chi connectivity index (χ4v) is 4.32. The number of aromatic nitrogens is 3. The second-order valence-corrected chi connectivity index (χ2v) is 8.10. The normalized spacial score (nSPS) is 20.7. The van der Waals surface area contributed by atoms with Crippen LogP contribution in [-0.4, -0.2) is 44.4 Å². The Bertz CT molecular complexity index is 705. The summed E-state index contributed by atoms with van der Waals surface area (Å²) < 4.78 is 1.99. The van der Waals surface area contributed by atoms with Crippen LogP contribution in [0.2, 0.25) is 0 Å². The van der Waals surface area contributed by atoms with Crippen molar-refractivity contribution in [1.82, 2.24) is 19.7 Å². The predicted molar refractivity (Wildman–Crippen MR) is 101 cm³/mol. The van der Waals surface area contributed by atoms with Crippen LogP contribution in [-0.2, 0) is 18.3 Å². The average molecular weight is 359 g/mol. The third kappa shape index (κ3) is 4.63. The number of amides is 1. The Morgan fingerprint density at radius 3 is 2.52 bits per heavy atom. The number of likely N-dealkylation sites (tertiary alicyclic amines) is 1.